The van der Waals surface area contributed by atoms with E-state index in [0.29, 0.717) is 12.5 Å². The van der Waals surface area contributed by atoms with Crippen molar-refractivity contribution in [1.82, 2.24) is 9.88 Å². The number of pyridine rings is 1. The summed E-state index contributed by atoms with van der Waals surface area (Å²) in [4.78, 5) is 30.3. The first-order valence-corrected chi connectivity index (χ1v) is 10.1. The van der Waals surface area contributed by atoms with Gasteiger partial charge in [0.15, 0.2) is 0 Å². The number of fused-ring (bicyclic) bond motifs is 1. The van der Waals surface area contributed by atoms with Crippen molar-refractivity contribution in [3.63, 3.8) is 0 Å². The number of carbonyl (C=O) groups excluding carboxylic acids is 2. The molecule has 0 bridgehead atoms. The van der Waals surface area contributed by atoms with Gasteiger partial charge in [-0.3, -0.25) is 0 Å². The number of anilines is 1. The first-order chi connectivity index (χ1) is 14.1. The second-order valence-electron chi connectivity index (χ2n) is 9.14. The van der Waals surface area contributed by atoms with Crippen LogP contribution in [0.3, 0.4) is 0 Å². The molecule has 2 atom stereocenters. The van der Waals surface area contributed by atoms with Crippen LogP contribution in [0.4, 0.5) is 10.6 Å². The highest BCUT2D eigenvalue weighted by molar-refractivity contribution is 5.95. The molecule has 1 saturated carbocycles. The van der Waals surface area contributed by atoms with Gasteiger partial charge in [0.2, 0.25) is 0 Å². The lowest BCUT2D eigenvalue weighted by molar-refractivity contribution is 0.0270. The highest BCUT2D eigenvalue weighted by Gasteiger charge is 2.62. The summed E-state index contributed by atoms with van der Waals surface area (Å²) in [5.74, 6) is 0.112. The van der Waals surface area contributed by atoms with Crippen LogP contribution in [0, 0.1) is 5.92 Å². The third-order valence-electron chi connectivity index (χ3n) is 5.91. The number of carbonyl (C=O) groups is 2. The molecular formula is C23H27N3O4. The average Bonchev–Trinajstić information content (AvgIpc) is 3.27. The summed E-state index contributed by atoms with van der Waals surface area (Å²) in [5, 5.41) is 0. The van der Waals surface area contributed by atoms with Crippen LogP contribution in [-0.2, 0) is 14.9 Å². The molecule has 0 spiro atoms. The molecule has 7 nitrogen and oxygen atoms in total. The number of methoxy groups -OCH3 is 1. The minimum Gasteiger partial charge on any atom is -0.465 e. The Morgan fingerprint density at radius 1 is 1.20 bits per heavy atom. The SMILES string of the molecule is COC(=O)c1cc(-c2ccc([C@@]34C[C@@H]3CN(C(=O)OC(C)(C)C)C4)cc2)cnc1N. The molecular weight excluding hydrogens is 382 g/mol. The number of piperidine rings is 1. The highest BCUT2D eigenvalue weighted by atomic mass is 16.6. The molecule has 30 heavy (non-hydrogen) atoms. The molecule has 2 fully saturated rings. The maximum Gasteiger partial charge on any atom is 0.410 e. The van der Waals surface area contributed by atoms with Crippen LogP contribution in [-0.4, -0.2) is 47.7 Å². The fourth-order valence-electron chi connectivity index (χ4n) is 4.30. The van der Waals surface area contributed by atoms with E-state index < -0.39 is 11.6 Å². The van der Waals surface area contributed by atoms with Gasteiger partial charge in [0.25, 0.3) is 0 Å². The van der Waals surface area contributed by atoms with Gasteiger partial charge in [0.05, 0.1) is 7.11 Å². The smallest absolute Gasteiger partial charge is 0.410 e. The van der Waals surface area contributed by atoms with Crippen molar-refractivity contribution < 1.29 is 19.1 Å². The standard InChI is InChI=1S/C23H27N3O4/c1-22(2,3)30-21(28)26-12-17-10-23(17,13-26)16-7-5-14(6-8-16)15-9-18(20(27)29-4)19(24)25-11-15/h5-9,11,17H,10,12-13H2,1-4H3,(H2,24,25)/t17-,23+/m1/s1. The molecule has 4 rings (SSSR count). The molecule has 2 N–H and O–H groups in total. The fourth-order valence-corrected chi connectivity index (χ4v) is 4.30. The summed E-state index contributed by atoms with van der Waals surface area (Å²) in [7, 11) is 1.32. The van der Waals surface area contributed by atoms with E-state index in [1.807, 2.05) is 37.8 Å². The first-order valence-electron chi connectivity index (χ1n) is 10.1. The molecule has 1 aromatic carbocycles. The maximum absolute atomic E-state index is 12.4. The van der Waals surface area contributed by atoms with Crippen LogP contribution in [0.2, 0.25) is 0 Å². The Bertz CT molecular complexity index is 996. The van der Waals surface area contributed by atoms with Crippen LogP contribution in [0.15, 0.2) is 36.5 Å². The van der Waals surface area contributed by atoms with Crippen molar-refractivity contribution in [1.29, 1.82) is 0 Å². The zero-order chi connectivity index (χ0) is 21.7. The largest absolute Gasteiger partial charge is 0.465 e. The van der Waals surface area contributed by atoms with Gasteiger partial charge in [-0.25, -0.2) is 14.6 Å². The van der Waals surface area contributed by atoms with E-state index in [-0.39, 0.29) is 22.9 Å². The van der Waals surface area contributed by atoms with Crippen LogP contribution < -0.4 is 5.73 Å². The normalized spacial score (nSPS) is 22.4. The number of ether oxygens (including phenoxy) is 2. The van der Waals surface area contributed by atoms with Gasteiger partial charge in [-0.1, -0.05) is 24.3 Å². The monoisotopic (exact) mass is 409 g/mol. The molecule has 2 heterocycles. The predicted octanol–water partition coefficient (Wildman–Crippen LogP) is 3.63. The number of aromatic nitrogens is 1. The van der Waals surface area contributed by atoms with Gasteiger partial charge in [-0.2, -0.15) is 0 Å². The van der Waals surface area contributed by atoms with Crippen LogP contribution in [0.5, 0.6) is 0 Å². The number of hydrogen-bond donors (Lipinski definition) is 1. The van der Waals surface area contributed by atoms with E-state index >= 15 is 0 Å². The number of esters is 1. The minimum absolute atomic E-state index is 0.0198. The number of nitrogen functional groups attached to an aromatic ring is 1. The number of amides is 1. The van der Waals surface area contributed by atoms with Crippen molar-refractivity contribution in [2.75, 3.05) is 25.9 Å². The Balaban J connectivity index is 1.52. The predicted molar refractivity (Wildman–Crippen MR) is 113 cm³/mol. The topological polar surface area (TPSA) is 94.8 Å². The molecule has 1 amide bonds. The first kappa shape index (κ1) is 20.2. The van der Waals surface area contributed by atoms with E-state index in [9.17, 15) is 9.59 Å². The second kappa shape index (κ2) is 7.00. The number of nitrogens with zero attached hydrogens (tertiary/aromatic N) is 2. The van der Waals surface area contributed by atoms with Gasteiger partial charge in [-0.15, -0.1) is 0 Å². The molecule has 7 heteroatoms. The van der Waals surface area contributed by atoms with Gasteiger partial charge in [0, 0.05) is 30.3 Å². The summed E-state index contributed by atoms with van der Waals surface area (Å²) in [6.07, 6.45) is 2.49. The Morgan fingerprint density at radius 2 is 1.90 bits per heavy atom. The zero-order valence-electron chi connectivity index (χ0n) is 17.8. The summed E-state index contributed by atoms with van der Waals surface area (Å²) < 4.78 is 10.3. The van der Waals surface area contributed by atoms with E-state index in [0.717, 1.165) is 24.1 Å². The van der Waals surface area contributed by atoms with E-state index in [1.165, 1.54) is 12.7 Å². The van der Waals surface area contributed by atoms with Gasteiger partial charge in [-0.05, 0) is 50.3 Å². The molecule has 1 aliphatic heterocycles. The molecule has 1 aliphatic carbocycles. The Morgan fingerprint density at radius 3 is 2.53 bits per heavy atom. The van der Waals surface area contributed by atoms with Crippen LogP contribution in [0.25, 0.3) is 11.1 Å². The summed E-state index contributed by atoms with van der Waals surface area (Å²) in [6.45, 7) is 7.07. The third kappa shape index (κ3) is 3.60. The van der Waals surface area contributed by atoms with Crippen molar-refractivity contribution in [3.05, 3.63) is 47.7 Å². The number of likely N-dealkylation sites (tertiary alicyclic amines) is 1. The summed E-state index contributed by atoms with van der Waals surface area (Å²) in [5.41, 5.74) is 8.53. The van der Waals surface area contributed by atoms with E-state index in [4.69, 9.17) is 15.2 Å². The molecule has 1 aromatic heterocycles. The zero-order valence-corrected chi connectivity index (χ0v) is 17.8. The minimum atomic E-state index is -0.508. The average molecular weight is 409 g/mol. The second-order valence-corrected chi connectivity index (χ2v) is 9.14. The van der Waals surface area contributed by atoms with Gasteiger partial charge in [0.1, 0.15) is 17.0 Å². The van der Waals surface area contributed by atoms with Crippen LogP contribution in [0.1, 0.15) is 43.1 Å². The molecule has 2 aromatic rings. The summed E-state index contributed by atoms with van der Waals surface area (Å²) in [6, 6.07) is 9.93. The quantitative estimate of drug-likeness (QED) is 0.778. The lowest BCUT2D eigenvalue weighted by atomic mass is 9.93. The lowest BCUT2D eigenvalue weighted by Gasteiger charge is -2.26. The van der Waals surface area contributed by atoms with Crippen LogP contribution >= 0.6 is 0 Å². The Hall–Kier alpha value is -3.09. The maximum atomic E-state index is 12.4. The fraction of sp³-hybridized carbons (Fsp3) is 0.435. The number of nitrogens with two attached hydrogens (primary N) is 1. The Kier molecular flexibility index (Phi) is 4.71. The number of benzene rings is 1. The molecule has 0 radical (unpaired) electrons. The van der Waals surface area contributed by atoms with Gasteiger partial charge < -0.3 is 20.1 Å². The summed E-state index contributed by atoms with van der Waals surface area (Å²) >= 11 is 0. The van der Waals surface area contributed by atoms with Gasteiger partial charge >= 0.3 is 12.1 Å². The third-order valence-corrected chi connectivity index (χ3v) is 5.91. The lowest BCUT2D eigenvalue weighted by Crippen LogP contribution is -2.37. The van der Waals surface area contributed by atoms with E-state index in [1.54, 1.807) is 12.3 Å². The van der Waals surface area contributed by atoms with Crippen molar-refractivity contribution >= 4 is 17.9 Å². The number of rotatable bonds is 3. The molecule has 0 unspecified atom stereocenters. The highest BCUT2D eigenvalue weighted by Crippen LogP contribution is 2.59. The Labute approximate surface area is 176 Å². The van der Waals surface area contributed by atoms with E-state index in [2.05, 4.69) is 17.1 Å². The molecule has 1 saturated heterocycles. The molecule has 2 aliphatic rings. The van der Waals surface area contributed by atoms with Crippen molar-refractivity contribution in [2.45, 2.75) is 38.2 Å². The van der Waals surface area contributed by atoms with Crippen molar-refractivity contribution in [2.24, 2.45) is 5.92 Å². The van der Waals surface area contributed by atoms with Crippen molar-refractivity contribution in [3.8, 4) is 11.1 Å². The number of hydrogen-bond acceptors (Lipinski definition) is 6. The molecule has 158 valence electrons.